The van der Waals surface area contributed by atoms with Crippen molar-refractivity contribution in [3.05, 3.63) is 11.7 Å². The zero-order valence-corrected chi connectivity index (χ0v) is 8.49. The second-order valence-electron chi connectivity index (χ2n) is 4.12. The van der Waals surface area contributed by atoms with E-state index >= 15 is 0 Å². The number of hydrogen-bond acceptors (Lipinski definition) is 4. The standard InChI is InChI=1S/C10H14N2O2/c1-6(2)8(13)5-9-11-10(12-14-9)7-3-4-7/h6-7H,3-5H2,1-2H3. The van der Waals surface area contributed by atoms with Gasteiger partial charge < -0.3 is 4.52 Å². The highest BCUT2D eigenvalue weighted by molar-refractivity contribution is 5.81. The van der Waals surface area contributed by atoms with Gasteiger partial charge in [0, 0.05) is 11.8 Å². The average molecular weight is 194 g/mol. The van der Waals surface area contributed by atoms with Crippen LogP contribution in [-0.4, -0.2) is 15.9 Å². The normalized spacial score (nSPS) is 16.2. The maximum absolute atomic E-state index is 11.4. The molecule has 0 aliphatic heterocycles. The van der Waals surface area contributed by atoms with Crippen LogP contribution in [0.3, 0.4) is 0 Å². The van der Waals surface area contributed by atoms with Crippen LogP contribution in [0.1, 0.15) is 44.3 Å². The average Bonchev–Trinajstić information content (AvgIpc) is 2.88. The smallest absolute Gasteiger partial charge is 0.234 e. The topological polar surface area (TPSA) is 56.0 Å². The van der Waals surface area contributed by atoms with Gasteiger partial charge in [0.15, 0.2) is 5.82 Å². The first-order valence-electron chi connectivity index (χ1n) is 5.02. The van der Waals surface area contributed by atoms with Crippen LogP contribution in [0.15, 0.2) is 4.52 Å². The van der Waals surface area contributed by atoms with E-state index in [1.165, 1.54) is 0 Å². The van der Waals surface area contributed by atoms with Gasteiger partial charge in [0.25, 0.3) is 0 Å². The van der Waals surface area contributed by atoms with Gasteiger partial charge in [0.2, 0.25) is 5.89 Å². The molecule has 1 aliphatic carbocycles. The fourth-order valence-electron chi connectivity index (χ4n) is 1.20. The van der Waals surface area contributed by atoms with Gasteiger partial charge in [0.1, 0.15) is 5.78 Å². The molecule has 0 atom stereocenters. The van der Waals surface area contributed by atoms with E-state index < -0.39 is 0 Å². The van der Waals surface area contributed by atoms with Gasteiger partial charge in [-0.1, -0.05) is 19.0 Å². The SMILES string of the molecule is CC(C)C(=O)Cc1nc(C2CC2)no1. The predicted octanol–water partition coefficient (Wildman–Crippen LogP) is 1.71. The molecule has 1 fully saturated rings. The van der Waals surface area contributed by atoms with Crippen molar-refractivity contribution in [3.63, 3.8) is 0 Å². The van der Waals surface area contributed by atoms with Gasteiger partial charge in [-0.15, -0.1) is 0 Å². The highest BCUT2D eigenvalue weighted by atomic mass is 16.5. The second-order valence-corrected chi connectivity index (χ2v) is 4.12. The highest BCUT2D eigenvalue weighted by Gasteiger charge is 2.29. The lowest BCUT2D eigenvalue weighted by atomic mass is 10.1. The molecule has 0 unspecified atom stereocenters. The van der Waals surface area contributed by atoms with Gasteiger partial charge in [-0.2, -0.15) is 4.98 Å². The van der Waals surface area contributed by atoms with E-state index in [0.717, 1.165) is 18.7 Å². The third kappa shape index (κ3) is 2.00. The van der Waals surface area contributed by atoms with Gasteiger partial charge in [0.05, 0.1) is 6.42 Å². The number of ketones is 1. The van der Waals surface area contributed by atoms with Crippen LogP contribution in [0, 0.1) is 5.92 Å². The lowest BCUT2D eigenvalue weighted by Gasteiger charge is -1.98. The minimum absolute atomic E-state index is 0.0336. The Morgan fingerprint density at radius 3 is 2.86 bits per heavy atom. The first kappa shape index (κ1) is 9.37. The van der Waals surface area contributed by atoms with Crippen LogP contribution >= 0.6 is 0 Å². The minimum atomic E-state index is 0.0336. The molecule has 1 saturated carbocycles. The molecule has 0 aromatic carbocycles. The van der Waals surface area contributed by atoms with Gasteiger partial charge in [-0.3, -0.25) is 4.79 Å². The molecule has 1 aliphatic rings. The van der Waals surface area contributed by atoms with Crippen LogP contribution < -0.4 is 0 Å². The fraction of sp³-hybridized carbons (Fsp3) is 0.700. The zero-order chi connectivity index (χ0) is 10.1. The number of nitrogens with zero attached hydrogens (tertiary/aromatic N) is 2. The quantitative estimate of drug-likeness (QED) is 0.732. The number of aromatic nitrogens is 2. The Balaban J connectivity index is 1.99. The van der Waals surface area contributed by atoms with Crippen LogP contribution in [0.25, 0.3) is 0 Å². The molecule has 1 aromatic heterocycles. The number of Topliss-reactive ketones (excluding diaryl/α,β-unsaturated/α-hetero) is 1. The van der Waals surface area contributed by atoms with E-state index in [1.807, 2.05) is 13.8 Å². The third-order valence-electron chi connectivity index (χ3n) is 2.40. The van der Waals surface area contributed by atoms with Crippen molar-refractivity contribution in [2.24, 2.45) is 5.92 Å². The summed E-state index contributed by atoms with van der Waals surface area (Å²) in [4.78, 5) is 15.6. The molecule has 0 amide bonds. The van der Waals surface area contributed by atoms with Crippen molar-refractivity contribution in [1.82, 2.24) is 10.1 Å². The maximum atomic E-state index is 11.4. The summed E-state index contributed by atoms with van der Waals surface area (Å²) in [5.74, 6) is 1.91. The van der Waals surface area contributed by atoms with Crippen molar-refractivity contribution in [3.8, 4) is 0 Å². The van der Waals surface area contributed by atoms with Crippen LogP contribution in [-0.2, 0) is 11.2 Å². The molecule has 4 heteroatoms. The van der Waals surface area contributed by atoms with E-state index in [1.54, 1.807) is 0 Å². The molecule has 0 bridgehead atoms. The monoisotopic (exact) mass is 194 g/mol. The first-order chi connectivity index (χ1) is 6.66. The second kappa shape index (κ2) is 3.52. The molecule has 76 valence electrons. The van der Waals surface area contributed by atoms with Gasteiger partial charge in [-0.25, -0.2) is 0 Å². The molecule has 0 radical (unpaired) electrons. The molecule has 4 nitrogen and oxygen atoms in total. The van der Waals surface area contributed by atoms with Crippen molar-refractivity contribution >= 4 is 5.78 Å². The molecule has 14 heavy (non-hydrogen) atoms. The van der Waals surface area contributed by atoms with E-state index in [2.05, 4.69) is 10.1 Å². The summed E-state index contributed by atoms with van der Waals surface area (Å²) in [5.41, 5.74) is 0. The van der Waals surface area contributed by atoms with Crippen LogP contribution in [0.5, 0.6) is 0 Å². The Morgan fingerprint density at radius 2 is 2.29 bits per heavy atom. The number of carbonyl (C=O) groups is 1. The van der Waals surface area contributed by atoms with Gasteiger partial charge >= 0.3 is 0 Å². The zero-order valence-electron chi connectivity index (χ0n) is 8.49. The van der Waals surface area contributed by atoms with E-state index in [4.69, 9.17) is 4.52 Å². The van der Waals surface area contributed by atoms with E-state index in [-0.39, 0.29) is 18.1 Å². The largest absolute Gasteiger partial charge is 0.339 e. The van der Waals surface area contributed by atoms with Crippen molar-refractivity contribution in [2.45, 2.75) is 39.0 Å². The molecular formula is C10H14N2O2. The molecule has 1 heterocycles. The van der Waals surface area contributed by atoms with E-state index in [0.29, 0.717) is 11.8 Å². The molecule has 1 aromatic rings. The third-order valence-corrected chi connectivity index (χ3v) is 2.40. The lowest BCUT2D eigenvalue weighted by molar-refractivity contribution is -0.121. The summed E-state index contributed by atoms with van der Waals surface area (Å²) in [6.07, 6.45) is 2.57. The van der Waals surface area contributed by atoms with Crippen molar-refractivity contribution in [1.29, 1.82) is 0 Å². The summed E-state index contributed by atoms with van der Waals surface area (Å²) in [7, 11) is 0. The Hall–Kier alpha value is -1.19. The Kier molecular flexibility index (Phi) is 2.35. The lowest BCUT2D eigenvalue weighted by Crippen LogP contribution is -2.10. The highest BCUT2D eigenvalue weighted by Crippen LogP contribution is 2.38. The number of rotatable bonds is 4. The first-order valence-corrected chi connectivity index (χ1v) is 5.02. The number of carbonyl (C=O) groups excluding carboxylic acids is 1. The van der Waals surface area contributed by atoms with Crippen molar-refractivity contribution in [2.75, 3.05) is 0 Å². The maximum Gasteiger partial charge on any atom is 0.234 e. The predicted molar refractivity (Wildman–Crippen MR) is 49.8 cm³/mol. The summed E-state index contributed by atoms with van der Waals surface area (Å²) in [6.45, 7) is 3.75. The fourth-order valence-corrected chi connectivity index (χ4v) is 1.20. The minimum Gasteiger partial charge on any atom is -0.339 e. The Labute approximate surface area is 82.7 Å². The summed E-state index contributed by atoms with van der Waals surface area (Å²) >= 11 is 0. The molecular weight excluding hydrogens is 180 g/mol. The molecule has 0 saturated heterocycles. The summed E-state index contributed by atoms with van der Waals surface area (Å²) in [5, 5.41) is 3.85. The Bertz CT molecular complexity index is 340. The Morgan fingerprint density at radius 1 is 1.57 bits per heavy atom. The van der Waals surface area contributed by atoms with Gasteiger partial charge in [-0.05, 0) is 12.8 Å². The van der Waals surface area contributed by atoms with E-state index in [9.17, 15) is 4.79 Å². The number of hydrogen-bond donors (Lipinski definition) is 0. The van der Waals surface area contributed by atoms with Crippen molar-refractivity contribution < 1.29 is 9.32 Å². The molecule has 2 rings (SSSR count). The van der Waals surface area contributed by atoms with Crippen LogP contribution in [0.2, 0.25) is 0 Å². The summed E-state index contributed by atoms with van der Waals surface area (Å²) in [6, 6.07) is 0. The van der Waals surface area contributed by atoms with Crippen LogP contribution in [0.4, 0.5) is 0 Å². The summed E-state index contributed by atoms with van der Waals surface area (Å²) < 4.78 is 5.00. The molecule has 0 N–H and O–H groups in total. The molecule has 0 spiro atoms.